The van der Waals surface area contributed by atoms with Crippen LogP contribution in [0, 0.1) is 0 Å². The summed E-state index contributed by atoms with van der Waals surface area (Å²) in [4.78, 5) is 13.8. The van der Waals surface area contributed by atoms with Gasteiger partial charge in [0.1, 0.15) is 0 Å². The largest absolute Gasteiger partial charge is 0.395 e. The minimum Gasteiger partial charge on any atom is -0.395 e. The van der Waals surface area contributed by atoms with Crippen LogP contribution in [0.25, 0.3) is 0 Å². The molecule has 5 heteroatoms. The fourth-order valence-electron chi connectivity index (χ4n) is 2.06. The lowest BCUT2D eigenvalue weighted by Gasteiger charge is -2.25. The minimum atomic E-state index is -0.136. The molecule has 0 aliphatic heterocycles. The Morgan fingerprint density at radius 3 is 2.45 bits per heavy atom. The first kappa shape index (κ1) is 16.8. The molecule has 0 aliphatic rings. The molecular formula is C15H23ClN2O2. The lowest BCUT2D eigenvalue weighted by atomic mass is 10.1. The van der Waals surface area contributed by atoms with Crippen molar-refractivity contribution < 1.29 is 9.90 Å². The molecular weight excluding hydrogens is 276 g/mol. The van der Waals surface area contributed by atoms with Crippen LogP contribution >= 0.6 is 11.6 Å². The van der Waals surface area contributed by atoms with Crippen LogP contribution in [0.1, 0.15) is 38.3 Å². The van der Waals surface area contributed by atoms with Gasteiger partial charge < -0.3 is 15.3 Å². The fraction of sp³-hybridized carbons (Fsp3) is 0.533. The van der Waals surface area contributed by atoms with Crippen molar-refractivity contribution in [3.05, 3.63) is 34.9 Å². The second-order valence-electron chi connectivity index (χ2n) is 4.67. The molecule has 2 amide bonds. The maximum absolute atomic E-state index is 12.2. The summed E-state index contributed by atoms with van der Waals surface area (Å²) in [5, 5.41) is 12.7. The van der Waals surface area contributed by atoms with Crippen LogP contribution in [0.4, 0.5) is 4.79 Å². The predicted molar refractivity (Wildman–Crippen MR) is 82.0 cm³/mol. The average molecular weight is 299 g/mol. The summed E-state index contributed by atoms with van der Waals surface area (Å²) < 4.78 is 0. The summed E-state index contributed by atoms with van der Waals surface area (Å²) in [5.74, 6) is 0. The minimum absolute atomic E-state index is 0.0227. The number of hydrogen-bond donors (Lipinski definition) is 2. The highest BCUT2D eigenvalue weighted by molar-refractivity contribution is 6.30. The van der Waals surface area contributed by atoms with Crippen LogP contribution in [0.3, 0.4) is 0 Å². The Morgan fingerprint density at radius 2 is 1.95 bits per heavy atom. The second kappa shape index (κ2) is 8.82. The number of aliphatic hydroxyl groups excluding tert-OH is 1. The van der Waals surface area contributed by atoms with E-state index in [-0.39, 0.29) is 18.7 Å². The van der Waals surface area contributed by atoms with E-state index in [4.69, 9.17) is 16.7 Å². The van der Waals surface area contributed by atoms with E-state index in [1.165, 1.54) is 0 Å². The first-order valence-electron chi connectivity index (χ1n) is 7.04. The van der Waals surface area contributed by atoms with Gasteiger partial charge in [-0.25, -0.2) is 4.79 Å². The van der Waals surface area contributed by atoms with Gasteiger partial charge in [-0.05, 0) is 30.5 Å². The van der Waals surface area contributed by atoms with Crippen LogP contribution in [-0.4, -0.2) is 35.7 Å². The molecule has 4 nitrogen and oxygen atoms in total. The molecule has 2 N–H and O–H groups in total. The van der Waals surface area contributed by atoms with Crippen LogP contribution < -0.4 is 5.32 Å². The molecule has 1 aromatic carbocycles. The summed E-state index contributed by atoms with van der Waals surface area (Å²) in [6, 6.07) is 7.31. The summed E-state index contributed by atoms with van der Waals surface area (Å²) in [6.07, 6.45) is 1.66. The van der Waals surface area contributed by atoms with Crippen molar-refractivity contribution in [1.29, 1.82) is 0 Å². The smallest absolute Gasteiger partial charge is 0.317 e. The summed E-state index contributed by atoms with van der Waals surface area (Å²) >= 11 is 5.87. The number of nitrogens with zero attached hydrogens (tertiary/aromatic N) is 1. The maximum Gasteiger partial charge on any atom is 0.317 e. The van der Waals surface area contributed by atoms with Gasteiger partial charge in [0.15, 0.2) is 0 Å². The molecule has 1 rings (SSSR count). The van der Waals surface area contributed by atoms with Crippen LogP contribution in [0.15, 0.2) is 24.3 Å². The van der Waals surface area contributed by atoms with Crippen molar-refractivity contribution >= 4 is 17.6 Å². The molecule has 112 valence electrons. The van der Waals surface area contributed by atoms with E-state index in [0.29, 0.717) is 18.1 Å². The Kier molecular flexibility index (Phi) is 7.41. The molecule has 0 radical (unpaired) electrons. The molecule has 1 aromatic rings. The molecule has 0 heterocycles. The van der Waals surface area contributed by atoms with Crippen molar-refractivity contribution in [3.8, 4) is 0 Å². The van der Waals surface area contributed by atoms with Gasteiger partial charge in [-0.1, -0.05) is 37.6 Å². The normalized spacial score (nSPS) is 12.0. The average Bonchev–Trinajstić information content (AvgIpc) is 2.45. The number of hydrogen-bond acceptors (Lipinski definition) is 2. The maximum atomic E-state index is 12.2. The van der Waals surface area contributed by atoms with Crippen molar-refractivity contribution in [2.45, 2.75) is 32.7 Å². The quantitative estimate of drug-likeness (QED) is 0.812. The Labute approximate surface area is 125 Å². The van der Waals surface area contributed by atoms with Crippen LogP contribution in [-0.2, 0) is 0 Å². The third-order valence-corrected chi connectivity index (χ3v) is 3.38. The van der Waals surface area contributed by atoms with Crippen LogP contribution in [0.2, 0.25) is 5.02 Å². The number of benzene rings is 1. The van der Waals surface area contributed by atoms with Gasteiger partial charge in [0, 0.05) is 18.1 Å². The summed E-state index contributed by atoms with van der Waals surface area (Å²) in [6.45, 7) is 5.01. The zero-order valence-electron chi connectivity index (χ0n) is 12.1. The Balaban J connectivity index is 2.71. The summed E-state index contributed by atoms with van der Waals surface area (Å²) in [7, 11) is 0. The van der Waals surface area contributed by atoms with Gasteiger partial charge in [0.25, 0.3) is 0 Å². The number of aliphatic hydroxyl groups is 1. The highest BCUT2D eigenvalue weighted by atomic mass is 35.5. The van der Waals surface area contributed by atoms with Gasteiger partial charge in [-0.15, -0.1) is 0 Å². The highest BCUT2D eigenvalue weighted by Gasteiger charge is 2.17. The van der Waals surface area contributed by atoms with E-state index < -0.39 is 0 Å². The van der Waals surface area contributed by atoms with Crippen molar-refractivity contribution in [1.82, 2.24) is 10.2 Å². The molecule has 0 saturated heterocycles. The zero-order chi connectivity index (χ0) is 15.0. The van der Waals surface area contributed by atoms with E-state index in [0.717, 1.165) is 18.4 Å². The third kappa shape index (κ3) is 5.02. The number of nitrogens with one attached hydrogen (secondary N) is 1. The van der Waals surface area contributed by atoms with Crippen molar-refractivity contribution in [2.24, 2.45) is 0 Å². The molecule has 0 aromatic heterocycles. The first-order valence-corrected chi connectivity index (χ1v) is 7.41. The van der Waals surface area contributed by atoms with Gasteiger partial charge in [0.2, 0.25) is 0 Å². The molecule has 0 aliphatic carbocycles. The molecule has 0 spiro atoms. The molecule has 1 atom stereocenters. The lowest BCUT2D eigenvalue weighted by Crippen LogP contribution is -2.43. The summed E-state index contributed by atoms with van der Waals surface area (Å²) in [5.41, 5.74) is 1.03. The van der Waals surface area contributed by atoms with E-state index in [1.54, 1.807) is 4.90 Å². The van der Waals surface area contributed by atoms with Crippen molar-refractivity contribution in [2.75, 3.05) is 19.7 Å². The van der Waals surface area contributed by atoms with Gasteiger partial charge in [0.05, 0.1) is 12.6 Å². The lowest BCUT2D eigenvalue weighted by molar-refractivity contribution is 0.173. The van der Waals surface area contributed by atoms with Crippen molar-refractivity contribution in [3.63, 3.8) is 0 Å². The monoisotopic (exact) mass is 298 g/mol. The van der Waals surface area contributed by atoms with E-state index in [9.17, 15) is 4.79 Å². The molecule has 1 unspecified atom stereocenters. The van der Waals surface area contributed by atoms with Crippen LogP contribution in [0.5, 0.6) is 0 Å². The topological polar surface area (TPSA) is 52.6 Å². The predicted octanol–water partition coefficient (Wildman–Crippen LogP) is 3.21. The first-order chi connectivity index (χ1) is 9.62. The van der Waals surface area contributed by atoms with E-state index in [1.807, 2.05) is 38.1 Å². The van der Waals surface area contributed by atoms with E-state index >= 15 is 0 Å². The Hall–Kier alpha value is -1.26. The fourth-order valence-corrected chi connectivity index (χ4v) is 2.19. The molecule has 0 saturated carbocycles. The third-order valence-electron chi connectivity index (χ3n) is 3.13. The van der Waals surface area contributed by atoms with Gasteiger partial charge in [-0.3, -0.25) is 0 Å². The van der Waals surface area contributed by atoms with E-state index in [2.05, 4.69) is 5.32 Å². The Morgan fingerprint density at radius 1 is 1.30 bits per heavy atom. The second-order valence-corrected chi connectivity index (χ2v) is 5.11. The number of carbonyl (C=O) groups is 1. The number of carbonyl (C=O) groups excluding carboxylic acids is 1. The Bertz CT molecular complexity index is 403. The van der Waals surface area contributed by atoms with Gasteiger partial charge >= 0.3 is 6.03 Å². The zero-order valence-corrected chi connectivity index (χ0v) is 12.9. The highest BCUT2D eigenvalue weighted by Crippen LogP contribution is 2.19. The number of urea groups is 1. The molecule has 0 fully saturated rings. The number of rotatable bonds is 7. The standard InChI is InChI=1S/C15H23ClN2O2/c1-3-9-18(10-11-19)15(20)17-14(4-2)12-5-7-13(16)8-6-12/h5-8,14,19H,3-4,9-11H2,1-2H3,(H,17,20). The number of halogens is 1. The number of amides is 2. The molecule has 0 bridgehead atoms. The van der Waals surface area contributed by atoms with Gasteiger partial charge in [-0.2, -0.15) is 0 Å². The molecule has 20 heavy (non-hydrogen) atoms. The SMILES string of the molecule is CCCN(CCO)C(=O)NC(CC)c1ccc(Cl)cc1.